The van der Waals surface area contributed by atoms with Gasteiger partial charge in [0.15, 0.2) is 0 Å². The molecule has 0 unspecified atom stereocenters. The molecule has 5 nitrogen and oxygen atoms in total. The Balaban J connectivity index is 1.79. The predicted molar refractivity (Wildman–Crippen MR) is 77.9 cm³/mol. The molecular weight excluding hydrogens is 254 g/mol. The number of nitrogens with one attached hydrogen (secondary N) is 1. The molecule has 1 amide bonds. The number of ether oxygens (including phenoxy) is 1. The van der Waals surface area contributed by atoms with Gasteiger partial charge in [-0.2, -0.15) is 0 Å². The fraction of sp³-hybridized carbons (Fsp3) is 0.200. The van der Waals surface area contributed by atoms with E-state index in [0.717, 1.165) is 11.4 Å². The maximum atomic E-state index is 11.0. The minimum Gasteiger partial charge on any atom is -0.492 e. The lowest BCUT2D eigenvalue weighted by molar-refractivity contribution is 0.0995. The highest BCUT2D eigenvalue weighted by Gasteiger charge is 2.02. The molecule has 0 atom stereocenters. The fourth-order valence-corrected chi connectivity index (χ4v) is 1.67. The summed E-state index contributed by atoms with van der Waals surface area (Å²) in [6.45, 7) is 3.18. The third kappa shape index (κ3) is 3.98. The molecule has 0 spiro atoms. The molecule has 0 aliphatic rings. The van der Waals surface area contributed by atoms with Crippen molar-refractivity contribution in [2.45, 2.75) is 6.92 Å². The lowest BCUT2D eigenvalue weighted by Crippen LogP contribution is -2.15. The Kier molecular flexibility index (Phi) is 4.55. The molecule has 1 heterocycles. The van der Waals surface area contributed by atoms with Crippen LogP contribution in [0.2, 0.25) is 0 Å². The van der Waals surface area contributed by atoms with Gasteiger partial charge in [0.05, 0.1) is 0 Å². The summed E-state index contributed by atoms with van der Waals surface area (Å²) in [6.07, 6.45) is 1.54. The number of anilines is 1. The van der Waals surface area contributed by atoms with Crippen LogP contribution in [0.15, 0.2) is 42.6 Å². The second-order valence-electron chi connectivity index (χ2n) is 4.38. The summed E-state index contributed by atoms with van der Waals surface area (Å²) in [4.78, 5) is 14.9. The van der Waals surface area contributed by atoms with Gasteiger partial charge in [-0.25, -0.2) is 0 Å². The number of nitrogens with two attached hydrogens (primary N) is 1. The van der Waals surface area contributed by atoms with Gasteiger partial charge in [-0.1, -0.05) is 17.7 Å². The average Bonchev–Trinajstić information content (AvgIpc) is 2.46. The van der Waals surface area contributed by atoms with E-state index in [2.05, 4.69) is 10.3 Å². The topological polar surface area (TPSA) is 77.2 Å². The lowest BCUT2D eigenvalue weighted by atomic mass is 10.2. The van der Waals surface area contributed by atoms with Crippen LogP contribution < -0.4 is 15.8 Å². The third-order valence-corrected chi connectivity index (χ3v) is 2.73. The summed E-state index contributed by atoms with van der Waals surface area (Å²) in [5.74, 6) is 0.300. The van der Waals surface area contributed by atoms with Gasteiger partial charge in [0.25, 0.3) is 5.91 Å². The van der Waals surface area contributed by atoms with Crippen LogP contribution in [-0.4, -0.2) is 24.0 Å². The van der Waals surface area contributed by atoms with E-state index < -0.39 is 5.91 Å². The van der Waals surface area contributed by atoms with Crippen LogP contribution in [0.5, 0.6) is 5.75 Å². The van der Waals surface area contributed by atoms with E-state index in [1.807, 2.05) is 31.2 Å². The predicted octanol–water partition coefficient (Wildman–Crippen LogP) is 1.98. The minimum absolute atomic E-state index is 0.245. The molecule has 0 radical (unpaired) electrons. The highest BCUT2D eigenvalue weighted by atomic mass is 16.5. The number of nitrogens with zero attached hydrogens (tertiary/aromatic N) is 1. The molecule has 0 aliphatic heterocycles. The van der Waals surface area contributed by atoms with Crippen molar-refractivity contribution in [3.8, 4) is 5.75 Å². The van der Waals surface area contributed by atoms with Crippen molar-refractivity contribution < 1.29 is 9.53 Å². The largest absolute Gasteiger partial charge is 0.492 e. The molecule has 2 rings (SSSR count). The normalized spacial score (nSPS) is 10.1. The Morgan fingerprint density at radius 1 is 1.30 bits per heavy atom. The zero-order valence-electron chi connectivity index (χ0n) is 11.3. The first-order valence-corrected chi connectivity index (χ1v) is 6.34. The maximum absolute atomic E-state index is 11.0. The van der Waals surface area contributed by atoms with Crippen LogP contribution in [0, 0.1) is 6.92 Å². The van der Waals surface area contributed by atoms with E-state index in [1.165, 1.54) is 5.56 Å². The van der Waals surface area contributed by atoms with E-state index in [-0.39, 0.29) is 5.69 Å². The highest BCUT2D eigenvalue weighted by Crippen LogP contribution is 2.11. The Labute approximate surface area is 117 Å². The molecule has 3 N–H and O–H groups in total. The van der Waals surface area contributed by atoms with Crippen LogP contribution in [0.1, 0.15) is 16.1 Å². The number of aromatic nitrogens is 1. The standard InChI is InChI=1S/C15H17N3O2/c1-11-2-4-13(5-3-11)20-9-8-17-12-6-7-18-14(10-12)15(16)19/h2-7,10H,8-9H2,1H3,(H2,16,19)(H,17,18). The zero-order valence-corrected chi connectivity index (χ0v) is 11.3. The van der Waals surface area contributed by atoms with Gasteiger partial charge >= 0.3 is 0 Å². The fourth-order valence-electron chi connectivity index (χ4n) is 1.67. The summed E-state index contributed by atoms with van der Waals surface area (Å²) in [5.41, 5.74) is 7.41. The first-order valence-electron chi connectivity index (χ1n) is 6.34. The molecule has 0 saturated carbocycles. The van der Waals surface area contributed by atoms with Crippen LogP contribution in [-0.2, 0) is 0 Å². The molecule has 0 fully saturated rings. The van der Waals surface area contributed by atoms with Crippen LogP contribution in [0.4, 0.5) is 5.69 Å². The second kappa shape index (κ2) is 6.56. The van der Waals surface area contributed by atoms with Gasteiger partial charge in [0.1, 0.15) is 18.1 Å². The molecule has 0 aliphatic carbocycles. The Morgan fingerprint density at radius 2 is 2.05 bits per heavy atom. The smallest absolute Gasteiger partial charge is 0.267 e. The Hall–Kier alpha value is -2.56. The van der Waals surface area contributed by atoms with Crippen molar-refractivity contribution >= 4 is 11.6 Å². The number of carbonyl (C=O) groups excluding carboxylic acids is 1. The van der Waals surface area contributed by atoms with E-state index in [0.29, 0.717) is 13.2 Å². The number of aryl methyl sites for hydroxylation is 1. The van der Waals surface area contributed by atoms with E-state index in [4.69, 9.17) is 10.5 Å². The summed E-state index contributed by atoms with van der Waals surface area (Å²) in [5, 5.41) is 3.15. The van der Waals surface area contributed by atoms with Crippen LogP contribution in [0.3, 0.4) is 0 Å². The van der Waals surface area contributed by atoms with Crippen molar-refractivity contribution in [3.63, 3.8) is 0 Å². The zero-order chi connectivity index (χ0) is 14.4. The Bertz CT molecular complexity index is 582. The number of amides is 1. The Morgan fingerprint density at radius 3 is 2.75 bits per heavy atom. The number of pyridine rings is 1. The number of hydrogen-bond acceptors (Lipinski definition) is 4. The maximum Gasteiger partial charge on any atom is 0.267 e. The van der Waals surface area contributed by atoms with Crippen molar-refractivity contribution in [2.75, 3.05) is 18.5 Å². The number of primary amides is 1. The van der Waals surface area contributed by atoms with Gasteiger partial charge < -0.3 is 15.8 Å². The molecule has 5 heteroatoms. The summed E-state index contributed by atoms with van der Waals surface area (Å²) in [6, 6.07) is 11.3. The quantitative estimate of drug-likeness (QED) is 0.788. The molecule has 20 heavy (non-hydrogen) atoms. The first kappa shape index (κ1) is 13.9. The monoisotopic (exact) mass is 271 g/mol. The number of rotatable bonds is 6. The van der Waals surface area contributed by atoms with Gasteiger partial charge in [-0.15, -0.1) is 0 Å². The number of hydrogen-bond donors (Lipinski definition) is 2. The van der Waals surface area contributed by atoms with E-state index in [1.54, 1.807) is 18.3 Å². The van der Waals surface area contributed by atoms with E-state index >= 15 is 0 Å². The lowest BCUT2D eigenvalue weighted by Gasteiger charge is -2.09. The van der Waals surface area contributed by atoms with Crippen molar-refractivity contribution in [3.05, 3.63) is 53.9 Å². The van der Waals surface area contributed by atoms with Crippen LogP contribution in [0.25, 0.3) is 0 Å². The van der Waals surface area contributed by atoms with Crippen molar-refractivity contribution in [1.82, 2.24) is 4.98 Å². The summed E-state index contributed by atoms with van der Waals surface area (Å²) >= 11 is 0. The van der Waals surface area contributed by atoms with Crippen molar-refractivity contribution in [2.24, 2.45) is 5.73 Å². The first-order chi connectivity index (χ1) is 9.65. The average molecular weight is 271 g/mol. The molecule has 0 saturated heterocycles. The van der Waals surface area contributed by atoms with Crippen molar-refractivity contribution in [1.29, 1.82) is 0 Å². The number of benzene rings is 1. The molecule has 104 valence electrons. The van der Waals surface area contributed by atoms with Crippen LogP contribution >= 0.6 is 0 Å². The van der Waals surface area contributed by atoms with Gasteiger partial charge in [0, 0.05) is 18.4 Å². The minimum atomic E-state index is -0.537. The van der Waals surface area contributed by atoms with E-state index in [9.17, 15) is 4.79 Å². The molecule has 1 aromatic heterocycles. The van der Waals surface area contributed by atoms with Gasteiger partial charge in [-0.05, 0) is 31.2 Å². The SMILES string of the molecule is Cc1ccc(OCCNc2ccnc(C(N)=O)c2)cc1. The molecule has 2 aromatic rings. The summed E-state index contributed by atoms with van der Waals surface area (Å²) in [7, 11) is 0. The summed E-state index contributed by atoms with van der Waals surface area (Å²) < 4.78 is 5.59. The number of carbonyl (C=O) groups is 1. The molecule has 0 bridgehead atoms. The second-order valence-corrected chi connectivity index (χ2v) is 4.38. The van der Waals surface area contributed by atoms with Gasteiger partial charge in [-0.3, -0.25) is 9.78 Å². The molecule has 1 aromatic carbocycles. The third-order valence-electron chi connectivity index (χ3n) is 2.73. The molecular formula is C15H17N3O2. The van der Waals surface area contributed by atoms with Gasteiger partial charge in [0.2, 0.25) is 0 Å². The highest BCUT2D eigenvalue weighted by molar-refractivity contribution is 5.91.